The molecule has 6 unspecified atom stereocenters. The van der Waals surface area contributed by atoms with Gasteiger partial charge in [-0.15, -0.1) is 0 Å². The predicted molar refractivity (Wildman–Crippen MR) is 72.4 cm³/mol. The van der Waals surface area contributed by atoms with Crippen LogP contribution in [0.2, 0.25) is 0 Å². The van der Waals surface area contributed by atoms with Crippen molar-refractivity contribution in [2.75, 3.05) is 13.2 Å². The van der Waals surface area contributed by atoms with Crippen molar-refractivity contribution in [2.45, 2.75) is 63.5 Å². The molecule has 2 nitrogen and oxygen atoms in total. The zero-order valence-electron chi connectivity index (χ0n) is 11.4. The van der Waals surface area contributed by atoms with E-state index in [2.05, 4.69) is 5.32 Å². The summed E-state index contributed by atoms with van der Waals surface area (Å²) in [6.45, 7) is 2.11. The highest BCUT2D eigenvalue weighted by Gasteiger charge is 2.53. The molecule has 0 amide bonds. The van der Waals surface area contributed by atoms with Gasteiger partial charge in [0.2, 0.25) is 0 Å². The zero-order chi connectivity index (χ0) is 11.9. The Labute approximate surface area is 111 Å². The van der Waals surface area contributed by atoms with Crippen LogP contribution in [0.25, 0.3) is 0 Å². The van der Waals surface area contributed by atoms with E-state index in [0.29, 0.717) is 6.10 Å². The zero-order valence-corrected chi connectivity index (χ0v) is 11.4. The maximum Gasteiger partial charge on any atom is 0.0699 e. The van der Waals surface area contributed by atoms with Crippen molar-refractivity contribution in [1.82, 2.24) is 5.32 Å². The van der Waals surface area contributed by atoms with Crippen LogP contribution in [0.5, 0.6) is 0 Å². The fraction of sp³-hybridized carbons (Fsp3) is 1.00. The molecule has 102 valence electrons. The summed E-state index contributed by atoms with van der Waals surface area (Å²) < 4.78 is 5.84. The van der Waals surface area contributed by atoms with Crippen molar-refractivity contribution in [3.8, 4) is 0 Å². The van der Waals surface area contributed by atoms with E-state index in [1.165, 1.54) is 38.5 Å². The van der Waals surface area contributed by atoms with Gasteiger partial charge in [0.05, 0.1) is 6.10 Å². The largest absolute Gasteiger partial charge is 0.377 e. The maximum atomic E-state index is 5.84. The van der Waals surface area contributed by atoms with Gasteiger partial charge in [0.25, 0.3) is 0 Å². The summed E-state index contributed by atoms with van der Waals surface area (Å²) >= 11 is 0. The van der Waals surface area contributed by atoms with E-state index in [1.54, 1.807) is 12.8 Å². The first-order valence-electron chi connectivity index (χ1n) is 8.27. The second kappa shape index (κ2) is 4.79. The van der Waals surface area contributed by atoms with Crippen molar-refractivity contribution >= 4 is 0 Å². The molecule has 2 bridgehead atoms. The van der Waals surface area contributed by atoms with Gasteiger partial charge in [-0.25, -0.2) is 0 Å². The molecule has 1 saturated heterocycles. The van der Waals surface area contributed by atoms with E-state index in [4.69, 9.17) is 4.74 Å². The first kappa shape index (κ1) is 11.7. The molecule has 2 heteroatoms. The predicted octanol–water partition coefficient (Wildman–Crippen LogP) is 2.97. The van der Waals surface area contributed by atoms with Gasteiger partial charge < -0.3 is 10.1 Å². The number of fused-ring (bicyclic) bond motifs is 5. The number of hydrogen-bond acceptors (Lipinski definition) is 2. The third-order valence-corrected chi connectivity index (χ3v) is 6.31. The minimum Gasteiger partial charge on any atom is -0.377 e. The Bertz CT molecular complexity index is 299. The first-order chi connectivity index (χ1) is 8.92. The average Bonchev–Trinajstić information content (AvgIpc) is 3.09. The molecule has 1 aliphatic heterocycles. The Morgan fingerprint density at radius 3 is 2.72 bits per heavy atom. The topological polar surface area (TPSA) is 21.3 Å². The molecular weight excluding hydrogens is 222 g/mol. The fourth-order valence-electron chi connectivity index (χ4n) is 5.55. The van der Waals surface area contributed by atoms with Gasteiger partial charge in [0, 0.05) is 19.2 Å². The summed E-state index contributed by atoms with van der Waals surface area (Å²) in [5, 5.41) is 3.87. The summed E-state index contributed by atoms with van der Waals surface area (Å²) in [7, 11) is 0. The molecular formula is C16H27NO. The van der Waals surface area contributed by atoms with Crippen LogP contribution < -0.4 is 5.32 Å². The van der Waals surface area contributed by atoms with Crippen LogP contribution in [0.3, 0.4) is 0 Å². The van der Waals surface area contributed by atoms with Crippen LogP contribution in [0, 0.1) is 23.7 Å². The van der Waals surface area contributed by atoms with Crippen LogP contribution in [-0.2, 0) is 4.74 Å². The molecule has 4 fully saturated rings. The molecule has 1 N–H and O–H groups in total. The lowest BCUT2D eigenvalue weighted by molar-refractivity contribution is 0.0131. The Hall–Kier alpha value is -0.0800. The van der Waals surface area contributed by atoms with Crippen molar-refractivity contribution < 1.29 is 4.74 Å². The summed E-state index contributed by atoms with van der Waals surface area (Å²) in [4.78, 5) is 0. The van der Waals surface area contributed by atoms with Gasteiger partial charge in [-0.2, -0.15) is 0 Å². The third kappa shape index (κ3) is 1.92. The maximum absolute atomic E-state index is 5.84. The van der Waals surface area contributed by atoms with Crippen LogP contribution in [0.15, 0.2) is 0 Å². The Balaban J connectivity index is 1.31. The van der Waals surface area contributed by atoms with Gasteiger partial charge >= 0.3 is 0 Å². The Morgan fingerprint density at radius 1 is 0.889 bits per heavy atom. The minimum absolute atomic E-state index is 0.511. The number of ether oxygens (including phenoxy) is 1. The van der Waals surface area contributed by atoms with Crippen LogP contribution in [0.4, 0.5) is 0 Å². The summed E-state index contributed by atoms with van der Waals surface area (Å²) in [6, 6.07) is 0.833. The van der Waals surface area contributed by atoms with Gasteiger partial charge in [-0.3, -0.25) is 0 Å². The quantitative estimate of drug-likeness (QED) is 0.830. The molecule has 6 atom stereocenters. The van der Waals surface area contributed by atoms with Crippen molar-refractivity contribution in [2.24, 2.45) is 23.7 Å². The molecule has 18 heavy (non-hydrogen) atoms. The van der Waals surface area contributed by atoms with Crippen LogP contribution in [-0.4, -0.2) is 25.3 Å². The molecule has 1 heterocycles. The smallest absolute Gasteiger partial charge is 0.0699 e. The summed E-state index contributed by atoms with van der Waals surface area (Å²) in [5.74, 6) is 4.31. The lowest BCUT2D eigenvalue weighted by Crippen LogP contribution is -2.43. The molecule has 0 aromatic carbocycles. The van der Waals surface area contributed by atoms with E-state index in [-0.39, 0.29) is 0 Å². The average molecular weight is 249 g/mol. The third-order valence-electron chi connectivity index (χ3n) is 6.31. The first-order valence-corrected chi connectivity index (χ1v) is 8.27. The molecule has 3 aliphatic carbocycles. The van der Waals surface area contributed by atoms with E-state index in [1.807, 2.05) is 0 Å². The second-order valence-electron chi connectivity index (χ2n) is 7.16. The summed E-state index contributed by atoms with van der Waals surface area (Å²) in [5.41, 5.74) is 0. The van der Waals surface area contributed by atoms with Crippen molar-refractivity contribution in [1.29, 1.82) is 0 Å². The van der Waals surface area contributed by atoms with E-state index in [9.17, 15) is 0 Å². The molecule has 4 rings (SSSR count). The van der Waals surface area contributed by atoms with Crippen LogP contribution >= 0.6 is 0 Å². The second-order valence-corrected chi connectivity index (χ2v) is 7.16. The SMILES string of the molecule is C1CCC(CNC2CC3CC2C2CCCC32)OC1. The fourth-order valence-corrected chi connectivity index (χ4v) is 5.55. The van der Waals surface area contributed by atoms with Crippen molar-refractivity contribution in [3.63, 3.8) is 0 Å². The van der Waals surface area contributed by atoms with Crippen molar-refractivity contribution in [3.05, 3.63) is 0 Å². The highest BCUT2D eigenvalue weighted by Crippen LogP contribution is 2.58. The Kier molecular flexibility index (Phi) is 3.12. The lowest BCUT2D eigenvalue weighted by atomic mass is 9.79. The molecule has 0 aromatic heterocycles. The molecule has 3 saturated carbocycles. The van der Waals surface area contributed by atoms with E-state index >= 15 is 0 Å². The summed E-state index contributed by atoms with van der Waals surface area (Å²) in [6.07, 6.45) is 12.0. The normalized spacial score (nSPS) is 50.7. The molecule has 0 spiro atoms. The standard InChI is InChI=1S/C16H27NO/c1-2-7-18-12(4-1)10-17-16-9-11-8-15(16)14-6-3-5-13(11)14/h11-17H,1-10H2. The molecule has 4 aliphatic rings. The van der Waals surface area contributed by atoms with E-state index < -0.39 is 0 Å². The Morgan fingerprint density at radius 2 is 1.83 bits per heavy atom. The molecule has 0 aromatic rings. The number of hydrogen-bond donors (Lipinski definition) is 1. The highest BCUT2D eigenvalue weighted by atomic mass is 16.5. The van der Waals surface area contributed by atoms with Gasteiger partial charge in [0.15, 0.2) is 0 Å². The van der Waals surface area contributed by atoms with Crippen LogP contribution in [0.1, 0.15) is 51.4 Å². The van der Waals surface area contributed by atoms with Gasteiger partial charge in [0.1, 0.15) is 0 Å². The van der Waals surface area contributed by atoms with E-state index in [0.717, 1.165) is 42.9 Å². The monoisotopic (exact) mass is 249 g/mol. The lowest BCUT2D eigenvalue weighted by Gasteiger charge is -2.33. The van der Waals surface area contributed by atoms with Gasteiger partial charge in [-0.1, -0.05) is 6.42 Å². The van der Waals surface area contributed by atoms with Gasteiger partial charge in [-0.05, 0) is 68.6 Å². The minimum atomic E-state index is 0.511. The molecule has 0 radical (unpaired) electrons. The highest BCUT2D eigenvalue weighted by molar-refractivity contribution is 5.05. The number of rotatable bonds is 3. The number of nitrogens with one attached hydrogen (secondary N) is 1.